The summed E-state index contributed by atoms with van der Waals surface area (Å²) in [5.41, 5.74) is 0.396. The van der Waals surface area contributed by atoms with Gasteiger partial charge in [-0.1, -0.05) is 6.07 Å². The van der Waals surface area contributed by atoms with E-state index in [4.69, 9.17) is 0 Å². The van der Waals surface area contributed by atoms with Crippen LogP contribution in [0.2, 0.25) is 0 Å². The summed E-state index contributed by atoms with van der Waals surface area (Å²) in [4.78, 5) is 0. The number of sulfonamides is 1. The van der Waals surface area contributed by atoms with Crippen molar-refractivity contribution in [3.8, 4) is 0 Å². The molecule has 1 aromatic rings. The molecule has 0 atom stereocenters. The number of benzene rings is 1. The van der Waals surface area contributed by atoms with E-state index in [1.807, 2.05) is 0 Å². The number of nitrogens with one attached hydrogen (secondary N) is 2. The highest BCUT2D eigenvalue weighted by Crippen LogP contribution is 2.18. The molecule has 1 fully saturated rings. The summed E-state index contributed by atoms with van der Waals surface area (Å²) in [6, 6.07) is 3.98. The van der Waals surface area contributed by atoms with Crippen LogP contribution in [0.1, 0.15) is 31.2 Å². The van der Waals surface area contributed by atoms with Crippen molar-refractivity contribution in [2.45, 2.75) is 38.3 Å². The van der Waals surface area contributed by atoms with Crippen LogP contribution in [0.5, 0.6) is 0 Å². The molecule has 118 valence electrons. The Labute approximate surface area is 124 Å². The lowest BCUT2D eigenvalue weighted by Crippen LogP contribution is -2.26. The van der Waals surface area contributed by atoms with Crippen molar-refractivity contribution in [2.75, 3.05) is 12.3 Å². The van der Waals surface area contributed by atoms with E-state index in [0.717, 1.165) is 25.1 Å². The van der Waals surface area contributed by atoms with Crippen molar-refractivity contribution in [1.82, 2.24) is 10.0 Å². The molecule has 0 aromatic heterocycles. The van der Waals surface area contributed by atoms with Gasteiger partial charge in [-0.2, -0.15) is 0 Å². The van der Waals surface area contributed by atoms with Crippen molar-refractivity contribution in [3.05, 3.63) is 35.4 Å². The first-order valence-electron chi connectivity index (χ1n) is 7.11. The van der Waals surface area contributed by atoms with Crippen LogP contribution in [-0.2, 0) is 16.6 Å². The van der Waals surface area contributed by atoms with Crippen LogP contribution in [0.15, 0.2) is 18.2 Å². The molecular formula is C14H20F2N2O2S. The molecule has 0 radical (unpaired) electrons. The van der Waals surface area contributed by atoms with Gasteiger partial charge in [-0.05, 0) is 49.9 Å². The minimum absolute atomic E-state index is 0.0279. The Bertz CT molecular complexity index is 574. The lowest BCUT2D eigenvalue weighted by molar-refractivity contribution is 0.506. The Hall–Kier alpha value is -1.05. The molecule has 21 heavy (non-hydrogen) atoms. The lowest BCUT2D eigenvalue weighted by Gasteiger charge is -2.07. The molecule has 0 aliphatic heterocycles. The van der Waals surface area contributed by atoms with E-state index in [1.165, 1.54) is 18.9 Å². The maximum atomic E-state index is 13.0. The average molecular weight is 318 g/mol. The minimum Gasteiger partial charge on any atom is -0.314 e. The second-order valence-corrected chi connectivity index (χ2v) is 7.25. The van der Waals surface area contributed by atoms with Crippen LogP contribution in [0.4, 0.5) is 8.78 Å². The molecule has 1 aliphatic rings. The molecule has 0 unspecified atom stereocenters. The molecular weight excluding hydrogens is 298 g/mol. The molecule has 2 N–H and O–H groups in total. The highest BCUT2D eigenvalue weighted by atomic mass is 32.2. The molecule has 1 aromatic carbocycles. The van der Waals surface area contributed by atoms with Gasteiger partial charge in [0.15, 0.2) is 11.6 Å². The first-order valence-corrected chi connectivity index (χ1v) is 8.76. The van der Waals surface area contributed by atoms with Crippen LogP contribution in [0, 0.1) is 11.6 Å². The zero-order valence-corrected chi connectivity index (χ0v) is 12.6. The first-order chi connectivity index (χ1) is 9.96. The van der Waals surface area contributed by atoms with Crippen LogP contribution < -0.4 is 10.0 Å². The third kappa shape index (κ3) is 6.07. The predicted molar refractivity (Wildman–Crippen MR) is 77.2 cm³/mol. The lowest BCUT2D eigenvalue weighted by atomic mass is 10.2. The summed E-state index contributed by atoms with van der Waals surface area (Å²) >= 11 is 0. The highest BCUT2D eigenvalue weighted by molar-refractivity contribution is 7.89. The van der Waals surface area contributed by atoms with E-state index in [2.05, 4.69) is 10.0 Å². The van der Waals surface area contributed by atoms with E-state index >= 15 is 0 Å². The number of unbranched alkanes of at least 4 members (excludes halogenated alkanes) is 1. The Kier molecular flexibility index (Phi) is 5.66. The maximum Gasteiger partial charge on any atom is 0.211 e. The van der Waals surface area contributed by atoms with Crippen molar-refractivity contribution < 1.29 is 17.2 Å². The van der Waals surface area contributed by atoms with E-state index in [0.29, 0.717) is 18.0 Å². The van der Waals surface area contributed by atoms with Crippen molar-refractivity contribution >= 4 is 10.0 Å². The van der Waals surface area contributed by atoms with Crippen molar-refractivity contribution in [2.24, 2.45) is 0 Å². The predicted octanol–water partition coefficient (Wildman–Crippen LogP) is 1.92. The molecule has 0 amide bonds. The smallest absolute Gasteiger partial charge is 0.211 e. The Morgan fingerprint density at radius 1 is 1.14 bits per heavy atom. The largest absolute Gasteiger partial charge is 0.314 e. The first kappa shape index (κ1) is 16.3. The van der Waals surface area contributed by atoms with Gasteiger partial charge in [-0.3, -0.25) is 0 Å². The van der Waals surface area contributed by atoms with Gasteiger partial charge in [0.1, 0.15) is 0 Å². The summed E-state index contributed by atoms with van der Waals surface area (Å²) in [6.45, 7) is 0.809. The fourth-order valence-corrected chi connectivity index (χ4v) is 3.04. The number of halogens is 2. The van der Waals surface area contributed by atoms with E-state index in [1.54, 1.807) is 0 Å². The topological polar surface area (TPSA) is 58.2 Å². The van der Waals surface area contributed by atoms with Crippen molar-refractivity contribution in [3.63, 3.8) is 0 Å². The SMILES string of the molecule is O=S(=O)(CCCCNC1CC1)NCc1ccc(F)c(F)c1. The molecule has 0 spiro atoms. The number of hydrogen-bond donors (Lipinski definition) is 2. The quantitative estimate of drug-likeness (QED) is 0.684. The number of hydrogen-bond acceptors (Lipinski definition) is 3. The summed E-state index contributed by atoms with van der Waals surface area (Å²) in [6.07, 6.45) is 3.82. The molecule has 4 nitrogen and oxygen atoms in total. The minimum atomic E-state index is -3.38. The van der Waals surface area contributed by atoms with Crippen molar-refractivity contribution in [1.29, 1.82) is 0 Å². The zero-order valence-electron chi connectivity index (χ0n) is 11.7. The van der Waals surface area contributed by atoms with Gasteiger partial charge in [0.05, 0.1) is 5.75 Å². The summed E-state index contributed by atoms with van der Waals surface area (Å²) in [5, 5.41) is 3.32. The molecule has 7 heteroatoms. The van der Waals surface area contributed by atoms with E-state index in [9.17, 15) is 17.2 Å². The normalized spacial score (nSPS) is 15.3. The van der Waals surface area contributed by atoms with E-state index < -0.39 is 21.7 Å². The third-order valence-corrected chi connectivity index (χ3v) is 4.74. The molecule has 1 saturated carbocycles. The fraction of sp³-hybridized carbons (Fsp3) is 0.571. The molecule has 2 rings (SSSR count). The van der Waals surface area contributed by atoms with Gasteiger partial charge < -0.3 is 5.32 Å². The third-order valence-electron chi connectivity index (χ3n) is 3.33. The van der Waals surface area contributed by atoms with Gasteiger partial charge >= 0.3 is 0 Å². The fourth-order valence-electron chi connectivity index (χ4n) is 1.93. The summed E-state index contributed by atoms with van der Waals surface area (Å²) in [7, 11) is -3.38. The molecule has 0 saturated heterocycles. The summed E-state index contributed by atoms with van der Waals surface area (Å²) in [5.74, 6) is -1.87. The Morgan fingerprint density at radius 3 is 2.57 bits per heavy atom. The average Bonchev–Trinajstić information content (AvgIpc) is 3.24. The van der Waals surface area contributed by atoms with Crippen LogP contribution in [0.3, 0.4) is 0 Å². The standard InChI is InChI=1S/C14H20F2N2O2S/c15-13-6-3-11(9-14(13)16)10-18-21(19,20)8-2-1-7-17-12-4-5-12/h3,6,9,12,17-18H,1-2,4-5,7-8,10H2. The summed E-state index contributed by atoms with van der Waals surface area (Å²) < 4.78 is 51.7. The molecule has 0 heterocycles. The molecule has 0 bridgehead atoms. The molecule has 1 aliphatic carbocycles. The van der Waals surface area contributed by atoms with Gasteiger partial charge in [-0.25, -0.2) is 21.9 Å². The Morgan fingerprint density at radius 2 is 1.90 bits per heavy atom. The monoisotopic (exact) mass is 318 g/mol. The maximum absolute atomic E-state index is 13.0. The number of rotatable bonds is 9. The van der Waals surface area contributed by atoms with E-state index in [-0.39, 0.29) is 12.3 Å². The zero-order chi connectivity index (χ0) is 15.3. The Balaban J connectivity index is 1.68. The van der Waals surface area contributed by atoms with Gasteiger partial charge in [-0.15, -0.1) is 0 Å². The van der Waals surface area contributed by atoms with Gasteiger partial charge in [0.25, 0.3) is 0 Å². The van der Waals surface area contributed by atoms with Crippen LogP contribution in [-0.4, -0.2) is 26.8 Å². The second-order valence-electron chi connectivity index (χ2n) is 5.32. The van der Waals surface area contributed by atoms with Gasteiger partial charge in [0.2, 0.25) is 10.0 Å². The van der Waals surface area contributed by atoms with Crippen LogP contribution >= 0.6 is 0 Å². The highest BCUT2D eigenvalue weighted by Gasteiger charge is 2.19. The van der Waals surface area contributed by atoms with Crippen LogP contribution in [0.25, 0.3) is 0 Å². The second kappa shape index (κ2) is 7.29. The van der Waals surface area contributed by atoms with Gasteiger partial charge in [0, 0.05) is 12.6 Å².